The largest absolute Gasteiger partial charge is 0.459 e. The Morgan fingerprint density at radius 2 is 0.800 bits per heavy atom. The van der Waals surface area contributed by atoms with Crippen molar-refractivity contribution in [2.45, 2.75) is 393 Å². The highest BCUT2D eigenvalue weighted by molar-refractivity contribution is 5.83. The molecule has 0 aromatic rings. The molecule has 130 heavy (non-hydrogen) atoms. The second-order valence-electron chi connectivity index (χ2n) is 37.2. The second kappa shape index (κ2) is 57.5. The maximum absolute atomic E-state index is 14.4. The molecule has 748 valence electrons. The number of methoxy groups -OCH3 is 8. The quantitative estimate of drug-likeness (QED) is 0.0197. The molecule has 7 aliphatic heterocycles. The van der Waals surface area contributed by atoms with Gasteiger partial charge in [-0.05, 0) is 129 Å². The molecule has 10 N–H and O–H groups in total. The summed E-state index contributed by atoms with van der Waals surface area (Å²) in [6.07, 6.45) is -3.68. The number of cyclic esters (lactones) is 2. The highest BCUT2D eigenvalue weighted by Crippen LogP contribution is 2.38. The molecule has 7 aliphatic rings. The molecular weight excluding hydrogens is 1700 g/mol. The summed E-state index contributed by atoms with van der Waals surface area (Å²) in [5.41, 5.74) is 1.14. The average Bonchev–Trinajstić information content (AvgIpc) is 0.816. The number of allylic oxidation sites excluding steroid dienone is 4. The van der Waals surface area contributed by atoms with Crippen LogP contribution in [0, 0.1) is 35.5 Å². The number of aliphatic hydroxyl groups is 10. The molecule has 7 rings (SSSR count). The van der Waals surface area contributed by atoms with Gasteiger partial charge in [0.25, 0.3) is 0 Å². The first-order chi connectivity index (χ1) is 62.0. The lowest BCUT2D eigenvalue weighted by Gasteiger charge is -2.42. The van der Waals surface area contributed by atoms with Crippen molar-refractivity contribution in [2.24, 2.45) is 35.5 Å². The standard InChI is InChI=1S/C96H160O34/c1-53-25-31-71(125-95-91(129-93(109)77(103)49-97)89(117-17)83(115-15)51-119-95)43-65-21-19-23-67(123-65)47-79(113-13)60(8)76(102)40-64(100)42-82(62(10)88(108)56(4)30-34-70-46-74(112-12)38-58(6)122-70)128-86(106)36-28-54(2)26-32-72(126-96-92(130-94(110)78(104)50-98)90(118-18)84(116-16)52-120-96)44-66-22-20-24-68(124-66)48-80(114-14)59(7)75(101)39-63(99)41-81(127-85(105)35-27-53)61(9)87(107)55(3)29-33-69-45-73(111-11)37-57(5)121-69/h19-22,25-28,35-36,55-84,87-92,95-104,107-108H,23-24,29-34,37-52H2,1-18H3/b35-27+,36-28+,53-25+,54-26+/t55-,56-,57-,58-,59-,60-,61+,62+,63+,64+,65-,66-,67-,68-,69-,70-,71-,72-,73+,74+,75-,76-,77-,78+,79-,80-,81-,82-,83-,84-,87-,88-,89+,90+,91-,92-,95+,96+/m0/s1. The molecule has 0 aromatic carbocycles. The smallest absolute Gasteiger partial charge is 0.337 e. The van der Waals surface area contributed by atoms with Gasteiger partial charge in [0.1, 0.15) is 36.6 Å². The normalized spacial score (nSPS) is 39.1. The van der Waals surface area contributed by atoms with E-state index in [9.17, 15) is 70.2 Å². The maximum atomic E-state index is 14.4. The summed E-state index contributed by atoms with van der Waals surface area (Å²) in [5, 5.41) is 113. The Labute approximate surface area is 769 Å². The lowest BCUT2D eigenvalue weighted by atomic mass is 9.83. The number of rotatable bonds is 30. The molecule has 0 radical (unpaired) electrons. The molecule has 0 aliphatic carbocycles. The molecule has 34 nitrogen and oxygen atoms in total. The fourth-order valence-corrected chi connectivity index (χ4v) is 18.8. The Kier molecular flexibility index (Phi) is 49.6. The van der Waals surface area contributed by atoms with Crippen molar-refractivity contribution in [3.8, 4) is 0 Å². The number of carbonyl (C=O) groups is 4. The van der Waals surface area contributed by atoms with E-state index in [2.05, 4.69) is 0 Å². The second-order valence-corrected chi connectivity index (χ2v) is 37.2. The SMILES string of the molecule is CO[C@H]1C[C@H](CC[C@H](C)[C@H](O)[C@H](C)[C@@H]2C[C@H](O)C[C@H](O)[C@H](C)[C@@H](OC)C[C@@H]3CC=C[C@@H](C[C@@H](O[C@H]4OC[C@H](OC)[C@@H](OC)[C@@H]4OC(=O)[C@H](O)CO)C/C=C(C)/C=C/C(=O)O[C@H]([C@@H](C)[C@@H](O)[C@@H](C)CC[C@H]4C[C@H](OC)C[C@H](C)O4)C[C@H](O)C[C@H](O)[C@H](C)[C@@H](OC)C[C@@H]4CC=C[C@@H](C[C@@H](O[C@H]5OC[C@H](OC)[C@@H](OC)[C@@H]5OC(=O)[C@@H](O)CO)C/C=C(C)/C=C/C(=O)O2)O4)O3)O[C@@H](C)C1. The van der Waals surface area contributed by atoms with Crippen molar-refractivity contribution in [1.29, 1.82) is 0 Å². The summed E-state index contributed by atoms with van der Waals surface area (Å²) in [6.45, 7) is 16.5. The predicted molar refractivity (Wildman–Crippen MR) is 475 cm³/mol. The van der Waals surface area contributed by atoms with Crippen LogP contribution in [-0.2, 0) is 114 Å². The zero-order chi connectivity index (χ0) is 95.6. The topological polar surface area (TPSA) is 455 Å². The Hall–Kier alpha value is -4.72. The van der Waals surface area contributed by atoms with Gasteiger partial charge in [-0.3, -0.25) is 0 Å². The van der Waals surface area contributed by atoms with Gasteiger partial charge in [0.15, 0.2) is 37.0 Å². The molecular formula is C96H160O34. The molecule has 0 unspecified atom stereocenters. The van der Waals surface area contributed by atoms with Gasteiger partial charge in [0, 0.05) is 131 Å². The van der Waals surface area contributed by atoms with E-state index in [0.717, 1.165) is 12.8 Å². The average molecular weight is 1860 g/mol. The van der Waals surface area contributed by atoms with Crippen LogP contribution in [-0.4, -0.2) is 354 Å². The zero-order valence-electron chi connectivity index (χ0n) is 80.0. The lowest BCUT2D eigenvalue weighted by Crippen LogP contribution is -2.58. The first-order valence-electron chi connectivity index (χ1n) is 46.9. The molecule has 4 fully saturated rings. The van der Waals surface area contributed by atoms with Gasteiger partial charge in [0.2, 0.25) is 0 Å². The monoisotopic (exact) mass is 1860 g/mol. The van der Waals surface area contributed by atoms with E-state index in [4.69, 9.17) is 94.7 Å². The number of ether oxygens (including phenoxy) is 20. The summed E-state index contributed by atoms with van der Waals surface area (Å²) in [6, 6.07) is 0. The van der Waals surface area contributed by atoms with Crippen LogP contribution in [0.3, 0.4) is 0 Å². The van der Waals surface area contributed by atoms with Crippen molar-refractivity contribution < 1.29 is 165 Å². The molecule has 0 aromatic heterocycles. The fourth-order valence-electron chi connectivity index (χ4n) is 18.8. The number of carbonyl (C=O) groups excluding carboxylic acids is 4. The summed E-state index contributed by atoms with van der Waals surface area (Å²) in [5.74, 6) is -7.29. The van der Waals surface area contributed by atoms with Crippen LogP contribution in [0.1, 0.15) is 198 Å². The number of fused-ring (bicyclic) bond motifs is 4. The Bertz CT molecular complexity index is 3230. The van der Waals surface area contributed by atoms with E-state index in [-0.39, 0.29) is 126 Å². The van der Waals surface area contributed by atoms with Crippen molar-refractivity contribution in [3.05, 3.63) is 71.9 Å². The minimum absolute atomic E-state index is 0.0170. The maximum Gasteiger partial charge on any atom is 0.337 e. The van der Waals surface area contributed by atoms with Gasteiger partial charge < -0.3 is 146 Å². The van der Waals surface area contributed by atoms with E-state index in [1.54, 1.807) is 67.9 Å². The Morgan fingerprint density at radius 3 is 1.14 bits per heavy atom. The van der Waals surface area contributed by atoms with E-state index >= 15 is 0 Å². The van der Waals surface area contributed by atoms with Crippen molar-refractivity contribution >= 4 is 23.9 Å². The van der Waals surface area contributed by atoms with Crippen LogP contribution in [0.4, 0.5) is 0 Å². The summed E-state index contributed by atoms with van der Waals surface area (Å²) >= 11 is 0. The third-order valence-corrected chi connectivity index (χ3v) is 27.2. The van der Waals surface area contributed by atoms with Crippen LogP contribution in [0.25, 0.3) is 0 Å². The third-order valence-electron chi connectivity index (χ3n) is 27.2. The van der Waals surface area contributed by atoms with Crippen LogP contribution >= 0.6 is 0 Å². The summed E-state index contributed by atoms with van der Waals surface area (Å²) in [4.78, 5) is 55.3. The minimum atomic E-state index is -1.90. The predicted octanol–water partition coefficient (Wildman–Crippen LogP) is 6.97. The van der Waals surface area contributed by atoms with E-state index in [1.807, 2.05) is 64.2 Å². The first kappa shape index (κ1) is 112. The summed E-state index contributed by atoms with van der Waals surface area (Å²) in [7, 11) is 12.1. The van der Waals surface area contributed by atoms with Gasteiger partial charge in [-0.2, -0.15) is 0 Å². The lowest BCUT2D eigenvalue weighted by molar-refractivity contribution is -0.296. The van der Waals surface area contributed by atoms with Gasteiger partial charge >= 0.3 is 23.9 Å². The van der Waals surface area contributed by atoms with Crippen molar-refractivity contribution in [2.75, 3.05) is 83.3 Å². The van der Waals surface area contributed by atoms with E-state index < -0.39 is 220 Å². The Morgan fingerprint density at radius 1 is 0.431 bits per heavy atom. The van der Waals surface area contributed by atoms with Gasteiger partial charge in [-0.1, -0.05) is 101 Å². The Balaban J connectivity index is 1.23. The molecule has 38 atom stereocenters. The molecule has 0 amide bonds. The number of hydrogen-bond donors (Lipinski definition) is 10. The molecule has 0 spiro atoms. The molecule has 7 heterocycles. The van der Waals surface area contributed by atoms with Crippen molar-refractivity contribution in [3.63, 3.8) is 0 Å². The van der Waals surface area contributed by atoms with E-state index in [1.165, 1.54) is 54.8 Å². The number of esters is 4. The van der Waals surface area contributed by atoms with Crippen molar-refractivity contribution in [1.82, 2.24) is 0 Å². The van der Waals surface area contributed by atoms with Gasteiger partial charge in [-0.15, -0.1) is 0 Å². The van der Waals surface area contributed by atoms with Crippen LogP contribution in [0.15, 0.2) is 71.9 Å². The van der Waals surface area contributed by atoms with E-state index in [0.29, 0.717) is 62.5 Å². The van der Waals surface area contributed by atoms with Crippen LogP contribution < -0.4 is 0 Å². The highest BCUT2D eigenvalue weighted by atomic mass is 16.7. The number of aliphatic hydroxyl groups excluding tert-OH is 10. The molecule has 4 bridgehead atoms. The molecule has 4 saturated heterocycles. The number of hydrogen-bond acceptors (Lipinski definition) is 34. The van der Waals surface area contributed by atoms with Crippen LogP contribution in [0.5, 0.6) is 0 Å². The first-order valence-corrected chi connectivity index (χ1v) is 46.9. The highest BCUT2D eigenvalue weighted by Gasteiger charge is 2.49. The van der Waals surface area contributed by atoms with Gasteiger partial charge in [0.05, 0.1) is 149 Å². The van der Waals surface area contributed by atoms with Crippen LogP contribution in [0.2, 0.25) is 0 Å². The molecule has 0 saturated carbocycles. The van der Waals surface area contributed by atoms with Gasteiger partial charge in [-0.25, -0.2) is 19.2 Å². The third kappa shape index (κ3) is 35.7. The molecule has 34 heteroatoms. The summed E-state index contributed by atoms with van der Waals surface area (Å²) < 4.78 is 123. The minimum Gasteiger partial charge on any atom is -0.459 e. The fraction of sp³-hybridized carbons (Fsp3) is 0.833. The zero-order valence-corrected chi connectivity index (χ0v) is 80.0.